The standard InChI is InChI=1S/C21H36N6O3/c1-4-19(29)17(9-7-8-10-26(5-2)6-3)25-21(30)27-13-16(14-27)18-11-23-20(24-18)12-22-15-28/h11,15-17H,4-10,12-14H2,1-3H3,(H,22,28)(H,23,24)(H,25,30). The Morgan fingerprint density at radius 1 is 1.30 bits per heavy atom. The van der Waals surface area contributed by atoms with Crippen LogP contribution in [0, 0.1) is 0 Å². The normalized spacial score (nSPS) is 15.0. The molecule has 30 heavy (non-hydrogen) atoms. The summed E-state index contributed by atoms with van der Waals surface area (Å²) in [6.45, 7) is 10.8. The highest BCUT2D eigenvalue weighted by Crippen LogP contribution is 2.25. The second kappa shape index (κ2) is 12.3. The number of likely N-dealkylation sites (tertiary alicyclic amines) is 1. The molecule has 1 fully saturated rings. The molecule has 1 aromatic rings. The van der Waals surface area contributed by atoms with E-state index in [9.17, 15) is 14.4 Å². The lowest BCUT2D eigenvalue weighted by Gasteiger charge is -2.39. The summed E-state index contributed by atoms with van der Waals surface area (Å²) in [5.74, 6) is 0.977. The molecule has 1 aliphatic rings. The molecule has 9 nitrogen and oxygen atoms in total. The number of ketones is 1. The Hall–Kier alpha value is -2.42. The number of nitrogens with one attached hydrogen (secondary N) is 3. The maximum absolute atomic E-state index is 12.6. The largest absolute Gasteiger partial charge is 0.351 e. The quantitative estimate of drug-likeness (QED) is 0.313. The summed E-state index contributed by atoms with van der Waals surface area (Å²) in [7, 11) is 0. The van der Waals surface area contributed by atoms with Crippen molar-refractivity contribution < 1.29 is 14.4 Å². The van der Waals surface area contributed by atoms with Gasteiger partial charge in [0.25, 0.3) is 0 Å². The van der Waals surface area contributed by atoms with Crippen LogP contribution in [0.2, 0.25) is 0 Å². The molecule has 3 N–H and O–H groups in total. The van der Waals surface area contributed by atoms with Crippen molar-refractivity contribution in [1.29, 1.82) is 0 Å². The van der Waals surface area contributed by atoms with Gasteiger partial charge in [0.15, 0.2) is 5.78 Å². The first-order valence-electron chi connectivity index (χ1n) is 11.0. The van der Waals surface area contributed by atoms with Crippen LogP contribution in [0.15, 0.2) is 6.20 Å². The number of carbonyl (C=O) groups is 3. The van der Waals surface area contributed by atoms with Crippen molar-refractivity contribution >= 4 is 18.2 Å². The van der Waals surface area contributed by atoms with E-state index < -0.39 is 6.04 Å². The third-order valence-electron chi connectivity index (χ3n) is 5.76. The highest BCUT2D eigenvalue weighted by Gasteiger charge is 2.34. The van der Waals surface area contributed by atoms with E-state index in [1.54, 1.807) is 11.1 Å². The Morgan fingerprint density at radius 3 is 2.67 bits per heavy atom. The van der Waals surface area contributed by atoms with Gasteiger partial charge < -0.3 is 25.4 Å². The zero-order valence-corrected chi connectivity index (χ0v) is 18.4. The molecule has 0 radical (unpaired) electrons. The highest BCUT2D eigenvalue weighted by atomic mass is 16.2. The third-order valence-corrected chi connectivity index (χ3v) is 5.76. The SMILES string of the molecule is CCC(=O)C(CCCCN(CC)CC)NC(=O)N1CC(c2cnc(CNC=O)[nH]2)C1. The lowest BCUT2D eigenvalue weighted by atomic mass is 9.97. The lowest BCUT2D eigenvalue weighted by Crippen LogP contribution is -2.55. The number of imidazole rings is 1. The summed E-state index contributed by atoms with van der Waals surface area (Å²) >= 11 is 0. The molecule has 1 unspecified atom stereocenters. The van der Waals surface area contributed by atoms with E-state index in [0.29, 0.717) is 44.7 Å². The maximum Gasteiger partial charge on any atom is 0.318 e. The van der Waals surface area contributed by atoms with Crippen molar-refractivity contribution in [2.75, 3.05) is 32.7 Å². The number of nitrogens with zero attached hydrogens (tertiary/aromatic N) is 3. The highest BCUT2D eigenvalue weighted by molar-refractivity contribution is 5.88. The van der Waals surface area contributed by atoms with Crippen LogP contribution in [0.1, 0.15) is 63.9 Å². The predicted octanol–water partition coefficient (Wildman–Crippen LogP) is 1.62. The fraction of sp³-hybridized carbons (Fsp3) is 0.714. The third kappa shape index (κ3) is 6.83. The molecule has 0 spiro atoms. The Kier molecular flexibility index (Phi) is 9.79. The first kappa shape index (κ1) is 23.9. The summed E-state index contributed by atoms with van der Waals surface area (Å²) < 4.78 is 0. The zero-order chi connectivity index (χ0) is 21.9. The van der Waals surface area contributed by atoms with Crippen LogP contribution in [-0.2, 0) is 16.1 Å². The molecule has 1 atom stereocenters. The van der Waals surface area contributed by atoms with Gasteiger partial charge >= 0.3 is 6.03 Å². The predicted molar refractivity (Wildman–Crippen MR) is 115 cm³/mol. The van der Waals surface area contributed by atoms with Crippen molar-refractivity contribution in [2.24, 2.45) is 0 Å². The Bertz CT molecular complexity index is 682. The van der Waals surface area contributed by atoms with Gasteiger partial charge in [0.05, 0.1) is 12.6 Å². The van der Waals surface area contributed by atoms with Gasteiger partial charge in [-0.1, -0.05) is 20.8 Å². The van der Waals surface area contributed by atoms with Crippen molar-refractivity contribution in [1.82, 2.24) is 30.4 Å². The molecule has 168 valence electrons. The van der Waals surface area contributed by atoms with Gasteiger partial charge in [0.1, 0.15) is 5.82 Å². The number of carbonyl (C=O) groups excluding carboxylic acids is 3. The van der Waals surface area contributed by atoms with Gasteiger partial charge in [-0.25, -0.2) is 9.78 Å². The Balaban J connectivity index is 1.77. The van der Waals surface area contributed by atoms with Crippen molar-refractivity contribution in [2.45, 2.75) is 65.0 Å². The fourth-order valence-electron chi connectivity index (χ4n) is 3.68. The van der Waals surface area contributed by atoms with E-state index in [4.69, 9.17) is 0 Å². The summed E-state index contributed by atoms with van der Waals surface area (Å²) in [4.78, 5) is 46.8. The molecule has 0 bridgehead atoms. The van der Waals surface area contributed by atoms with E-state index in [1.165, 1.54) is 0 Å². The number of urea groups is 1. The number of Topliss-reactive ketones (excluding diaryl/α,β-unsaturated/α-hetero) is 1. The average molecular weight is 421 g/mol. The molecule has 1 saturated heterocycles. The minimum absolute atomic E-state index is 0.0872. The summed E-state index contributed by atoms with van der Waals surface area (Å²) in [6, 6.07) is -0.587. The number of unbranched alkanes of at least 4 members (excludes halogenated alkanes) is 1. The van der Waals surface area contributed by atoms with Gasteiger partial charge in [0.2, 0.25) is 6.41 Å². The monoisotopic (exact) mass is 420 g/mol. The average Bonchev–Trinajstić information content (AvgIpc) is 3.18. The number of aromatic nitrogens is 2. The number of rotatable bonds is 14. The molecule has 0 aliphatic carbocycles. The van der Waals surface area contributed by atoms with E-state index in [0.717, 1.165) is 38.2 Å². The van der Waals surface area contributed by atoms with Crippen LogP contribution in [-0.4, -0.2) is 76.8 Å². The number of amides is 3. The van der Waals surface area contributed by atoms with Crippen molar-refractivity contribution in [3.63, 3.8) is 0 Å². The summed E-state index contributed by atoms with van der Waals surface area (Å²) in [5, 5.41) is 5.51. The Morgan fingerprint density at radius 2 is 2.03 bits per heavy atom. The number of aromatic amines is 1. The maximum atomic E-state index is 12.6. The van der Waals surface area contributed by atoms with Crippen LogP contribution < -0.4 is 10.6 Å². The van der Waals surface area contributed by atoms with Crippen LogP contribution in [0.25, 0.3) is 0 Å². The molecule has 1 aliphatic heterocycles. The Labute approximate surface area is 179 Å². The zero-order valence-electron chi connectivity index (χ0n) is 18.4. The van der Waals surface area contributed by atoms with Crippen LogP contribution in [0.3, 0.4) is 0 Å². The number of hydrogen-bond acceptors (Lipinski definition) is 5. The van der Waals surface area contributed by atoms with E-state index >= 15 is 0 Å². The van der Waals surface area contributed by atoms with Crippen molar-refractivity contribution in [3.05, 3.63) is 17.7 Å². The van der Waals surface area contributed by atoms with Gasteiger partial charge in [-0.15, -0.1) is 0 Å². The molecule has 0 aromatic carbocycles. The molecule has 9 heteroatoms. The lowest BCUT2D eigenvalue weighted by molar-refractivity contribution is -0.120. The number of H-pyrrole nitrogens is 1. The molecule has 0 saturated carbocycles. The van der Waals surface area contributed by atoms with Gasteiger partial charge in [-0.3, -0.25) is 9.59 Å². The summed E-state index contributed by atoms with van der Waals surface area (Å²) in [5.41, 5.74) is 0.958. The summed E-state index contributed by atoms with van der Waals surface area (Å²) in [6.07, 6.45) is 5.44. The van der Waals surface area contributed by atoms with Gasteiger partial charge in [-0.05, 0) is 38.9 Å². The molecule has 3 amide bonds. The minimum atomic E-state index is -0.411. The fourth-order valence-corrected chi connectivity index (χ4v) is 3.68. The van der Waals surface area contributed by atoms with Crippen LogP contribution >= 0.6 is 0 Å². The molecular weight excluding hydrogens is 384 g/mol. The molecular formula is C21H36N6O3. The second-order valence-electron chi connectivity index (χ2n) is 7.73. The van der Waals surface area contributed by atoms with Gasteiger partial charge in [0, 0.05) is 37.3 Å². The first-order valence-corrected chi connectivity index (χ1v) is 11.0. The van der Waals surface area contributed by atoms with Gasteiger partial charge in [-0.2, -0.15) is 0 Å². The van der Waals surface area contributed by atoms with E-state index in [2.05, 4.69) is 39.3 Å². The molecule has 1 aromatic heterocycles. The topological polar surface area (TPSA) is 110 Å². The van der Waals surface area contributed by atoms with Crippen LogP contribution in [0.4, 0.5) is 4.79 Å². The van der Waals surface area contributed by atoms with E-state index in [-0.39, 0.29) is 17.7 Å². The molecule has 2 rings (SSSR count). The minimum Gasteiger partial charge on any atom is -0.351 e. The van der Waals surface area contributed by atoms with E-state index in [1.807, 2.05) is 6.92 Å². The number of hydrogen-bond donors (Lipinski definition) is 3. The van der Waals surface area contributed by atoms with Crippen molar-refractivity contribution in [3.8, 4) is 0 Å². The molecule has 2 heterocycles. The van der Waals surface area contributed by atoms with Crippen LogP contribution in [0.5, 0.6) is 0 Å². The smallest absolute Gasteiger partial charge is 0.318 e. The first-order chi connectivity index (χ1) is 14.5. The second-order valence-corrected chi connectivity index (χ2v) is 7.73.